The van der Waals surface area contributed by atoms with Gasteiger partial charge in [-0.15, -0.1) is 0 Å². The first-order chi connectivity index (χ1) is 8.01. The van der Waals surface area contributed by atoms with Gasteiger partial charge in [-0.25, -0.2) is 4.39 Å². The van der Waals surface area contributed by atoms with Gasteiger partial charge in [0.05, 0.1) is 0 Å². The molecule has 1 aromatic carbocycles. The highest BCUT2D eigenvalue weighted by atomic mass is 35.5. The first-order valence-corrected chi connectivity index (χ1v) is 5.90. The van der Waals surface area contributed by atoms with Crippen molar-refractivity contribution < 1.29 is 9.13 Å². The van der Waals surface area contributed by atoms with Gasteiger partial charge < -0.3 is 10.5 Å². The molecule has 0 saturated heterocycles. The highest BCUT2D eigenvalue weighted by molar-refractivity contribution is 6.29. The Labute approximate surface area is 106 Å². The fraction of sp³-hybridized carbons (Fsp3) is 0.385. The summed E-state index contributed by atoms with van der Waals surface area (Å²) < 4.78 is 18.6. The van der Waals surface area contributed by atoms with Gasteiger partial charge in [-0.2, -0.15) is 0 Å². The second-order valence-corrected chi connectivity index (χ2v) is 4.51. The predicted octanol–water partition coefficient (Wildman–Crippen LogP) is 3.24. The quantitative estimate of drug-likeness (QED) is 0.849. The monoisotopic (exact) mass is 257 g/mol. The Bertz CT molecular complexity index is 395. The summed E-state index contributed by atoms with van der Waals surface area (Å²) in [4.78, 5) is 0. The summed E-state index contributed by atoms with van der Waals surface area (Å²) in [5.41, 5.74) is 6.66. The van der Waals surface area contributed by atoms with Gasteiger partial charge >= 0.3 is 0 Å². The van der Waals surface area contributed by atoms with Crippen LogP contribution in [0.25, 0.3) is 0 Å². The van der Waals surface area contributed by atoms with E-state index in [9.17, 15) is 4.39 Å². The highest BCUT2D eigenvalue weighted by Gasteiger charge is 2.06. The van der Waals surface area contributed by atoms with Crippen LogP contribution in [0.15, 0.2) is 29.8 Å². The van der Waals surface area contributed by atoms with E-state index >= 15 is 0 Å². The fourth-order valence-electron chi connectivity index (χ4n) is 1.43. The van der Waals surface area contributed by atoms with Crippen molar-refractivity contribution in [3.8, 4) is 5.75 Å². The van der Waals surface area contributed by atoms with E-state index in [1.165, 1.54) is 12.1 Å². The molecule has 0 spiro atoms. The Morgan fingerprint density at radius 2 is 2.24 bits per heavy atom. The summed E-state index contributed by atoms with van der Waals surface area (Å²) in [5.74, 6) is 0.117. The van der Waals surface area contributed by atoms with Crippen LogP contribution in [0.3, 0.4) is 0 Å². The Morgan fingerprint density at radius 1 is 1.53 bits per heavy atom. The molecule has 0 bridgehead atoms. The van der Waals surface area contributed by atoms with Crippen molar-refractivity contribution in [3.63, 3.8) is 0 Å². The second-order valence-electron chi connectivity index (χ2n) is 3.97. The van der Waals surface area contributed by atoms with Gasteiger partial charge in [0.2, 0.25) is 0 Å². The molecule has 1 rings (SSSR count). The van der Waals surface area contributed by atoms with Gasteiger partial charge in [0.15, 0.2) is 0 Å². The zero-order valence-corrected chi connectivity index (χ0v) is 10.6. The number of rotatable bonds is 6. The van der Waals surface area contributed by atoms with E-state index in [4.69, 9.17) is 22.1 Å². The number of halogens is 2. The SMILES string of the molecule is C=C(Cl)COc1cc(F)cc(CC(N)CC)c1. The third-order valence-electron chi connectivity index (χ3n) is 2.35. The van der Waals surface area contributed by atoms with E-state index < -0.39 is 0 Å². The molecule has 94 valence electrons. The third kappa shape index (κ3) is 5.20. The van der Waals surface area contributed by atoms with Crippen LogP contribution in [0.5, 0.6) is 5.75 Å². The van der Waals surface area contributed by atoms with Gasteiger partial charge in [0, 0.05) is 17.1 Å². The van der Waals surface area contributed by atoms with Crippen LogP contribution in [0.4, 0.5) is 4.39 Å². The minimum Gasteiger partial charge on any atom is -0.488 e. The molecule has 1 atom stereocenters. The molecule has 0 saturated carbocycles. The molecule has 2 N–H and O–H groups in total. The molecule has 17 heavy (non-hydrogen) atoms. The zero-order valence-electron chi connectivity index (χ0n) is 9.88. The second kappa shape index (κ2) is 6.62. The fourth-order valence-corrected chi connectivity index (χ4v) is 1.49. The van der Waals surface area contributed by atoms with Crippen molar-refractivity contribution >= 4 is 11.6 Å². The lowest BCUT2D eigenvalue weighted by Crippen LogP contribution is -2.21. The van der Waals surface area contributed by atoms with E-state index in [1.54, 1.807) is 6.07 Å². The largest absolute Gasteiger partial charge is 0.488 e. The van der Waals surface area contributed by atoms with Gasteiger partial charge in [-0.1, -0.05) is 25.1 Å². The molecule has 0 aromatic heterocycles. The van der Waals surface area contributed by atoms with E-state index in [0.29, 0.717) is 17.2 Å². The minimum absolute atomic E-state index is 0.0349. The topological polar surface area (TPSA) is 35.2 Å². The Balaban J connectivity index is 2.75. The van der Waals surface area contributed by atoms with Crippen LogP contribution in [-0.2, 0) is 6.42 Å². The molecule has 2 nitrogen and oxygen atoms in total. The normalized spacial score (nSPS) is 12.2. The molecule has 0 fully saturated rings. The third-order valence-corrected chi connectivity index (χ3v) is 2.46. The first kappa shape index (κ1) is 14.0. The summed E-state index contributed by atoms with van der Waals surface area (Å²) in [6.45, 7) is 5.67. The van der Waals surface area contributed by atoms with Crippen LogP contribution in [-0.4, -0.2) is 12.6 Å². The van der Waals surface area contributed by atoms with E-state index in [2.05, 4.69) is 6.58 Å². The van der Waals surface area contributed by atoms with Crippen LogP contribution >= 0.6 is 11.6 Å². The van der Waals surface area contributed by atoms with Gasteiger partial charge in [-0.05, 0) is 30.5 Å². The van der Waals surface area contributed by atoms with Crippen molar-refractivity contribution in [2.24, 2.45) is 5.73 Å². The standard InChI is InChI=1S/C13H17ClFNO/c1-3-12(16)5-10-4-11(15)7-13(6-10)17-8-9(2)14/h4,6-7,12H,2-3,5,8,16H2,1H3. The van der Waals surface area contributed by atoms with Crippen molar-refractivity contribution in [1.82, 2.24) is 0 Å². The molecule has 0 aliphatic heterocycles. The van der Waals surface area contributed by atoms with Crippen molar-refractivity contribution in [2.75, 3.05) is 6.61 Å². The van der Waals surface area contributed by atoms with Crippen molar-refractivity contribution in [1.29, 1.82) is 0 Å². The van der Waals surface area contributed by atoms with Crippen molar-refractivity contribution in [2.45, 2.75) is 25.8 Å². The highest BCUT2D eigenvalue weighted by Crippen LogP contribution is 2.18. The number of nitrogens with two attached hydrogens (primary N) is 1. The van der Waals surface area contributed by atoms with Crippen LogP contribution in [0, 0.1) is 5.82 Å². The summed E-state index contributed by atoms with van der Waals surface area (Å²) in [6, 6.07) is 4.60. The average molecular weight is 258 g/mol. The smallest absolute Gasteiger partial charge is 0.127 e. The van der Waals surface area contributed by atoms with Crippen molar-refractivity contribution in [3.05, 3.63) is 41.2 Å². The molecular formula is C13H17ClFNO. The Kier molecular flexibility index (Phi) is 5.45. The summed E-state index contributed by atoms with van der Waals surface area (Å²) in [6.07, 6.45) is 1.48. The lowest BCUT2D eigenvalue weighted by atomic mass is 10.0. The minimum atomic E-state index is -0.332. The predicted molar refractivity (Wildman–Crippen MR) is 68.9 cm³/mol. The average Bonchev–Trinajstić information content (AvgIpc) is 2.25. The maximum absolute atomic E-state index is 13.3. The Morgan fingerprint density at radius 3 is 2.82 bits per heavy atom. The molecule has 1 aromatic rings. The van der Waals surface area contributed by atoms with Crippen LogP contribution in [0.1, 0.15) is 18.9 Å². The lowest BCUT2D eigenvalue weighted by molar-refractivity contribution is 0.356. The van der Waals surface area contributed by atoms with Gasteiger partial charge in [0.1, 0.15) is 18.2 Å². The molecule has 0 amide bonds. The number of hydrogen-bond donors (Lipinski definition) is 1. The molecule has 0 aliphatic rings. The summed E-state index contributed by atoms with van der Waals surface area (Å²) in [5, 5.41) is 0.376. The molecule has 4 heteroatoms. The molecule has 0 heterocycles. The number of benzene rings is 1. The van der Waals surface area contributed by atoms with Crippen LogP contribution in [0.2, 0.25) is 0 Å². The molecular weight excluding hydrogens is 241 g/mol. The van der Waals surface area contributed by atoms with E-state index in [0.717, 1.165) is 12.0 Å². The maximum Gasteiger partial charge on any atom is 0.127 e. The van der Waals surface area contributed by atoms with Crippen LogP contribution < -0.4 is 10.5 Å². The van der Waals surface area contributed by atoms with E-state index in [-0.39, 0.29) is 18.5 Å². The van der Waals surface area contributed by atoms with E-state index in [1.807, 2.05) is 6.92 Å². The number of ether oxygens (including phenoxy) is 1. The maximum atomic E-state index is 13.3. The Hall–Kier alpha value is -1.06. The summed E-state index contributed by atoms with van der Waals surface area (Å²) >= 11 is 5.58. The summed E-state index contributed by atoms with van der Waals surface area (Å²) in [7, 11) is 0. The van der Waals surface area contributed by atoms with Gasteiger partial charge in [-0.3, -0.25) is 0 Å². The molecule has 0 aliphatic carbocycles. The lowest BCUT2D eigenvalue weighted by Gasteiger charge is -2.11. The molecule has 0 radical (unpaired) electrons. The molecule has 1 unspecified atom stereocenters. The zero-order chi connectivity index (χ0) is 12.8. The van der Waals surface area contributed by atoms with Gasteiger partial charge in [0.25, 0.3) is 0 Å². The first-order valence-electron chi connectivity index (χ1n) is 5.52. The number of hydrogen-bond acceptors (Lipinski definition) is 2.